The van der Waals surface area contributed by atoms with E-state index in [1.165, 1.54) is 23.5 Å². The lowest BCUT2D eigenvalue weighted by Crippen LogP contribution is -2.41. The van der Waals surface area contributed by atoms with Crippen molar-refractivity contribution in [1.29, 1.82) is 0 Å². The molecular weight excluding hydrogens is 501 g/mol. The third kappa shape index (κ3) is 4.32. The van der Waals surface area contributed by atoms with E-state index >= 15 is 0 Å². The van der Waals surface area contributed by atoms with E-state index < -0.39 is 11.8 Å². The van der Waals surface area contributed by atoms with Crippen LogP contribution in [0.3, 0.4) is 0 Å². The first-order valence-electron chi connectivity index (χ1n) is 8.22. The monoisotopic (exact) mass is 517 g/mol. The molecule has 0 amide bonds. The minimum absolute atomic E-state index is 0.326. The summed E-state index contributed by atoms with van der Waals surface area (Å²) in [5.41, 5.74) is 2.02. The molecule has 9 heteroatoms. The highest BCUT2D eigenvalue weighted by atomic mass is 79.9. The van der Waals surface area contributed by atoms with Crippen LogP contribution >= 0.6 is 43.2 Å². The van der Waals surface area contributed by atoms with Crippen molar-refractivity contribution < 1.29 is 14.2 Å². The Kier molecular flexibility index (Phi) is 6.47. The van der Waals surface area contributed by atoms with Crippen LogP contribution in [-0.4, -0.2) is 33.7 Å². The molecule has 1 aromatic heterocycles. The molecule has 1 aromatic carbocycles. The maximum Gasteiger partial charge on any atom is 0.189 e. The molecule has 27 heavy (non-hydrogen) atoms. The van der Waals surface area contributed by atoms with Crippen LogP contribution < -0.4 is 5.32 Å². The van der Waals surface area contributed by atoms with E-state index in [2.05, 4.69) is 42.2 Å². The van der Waals surface area contributed by atoms with E-state index in [4.69, 9.17) is 9.73 Å². The quantitative estimate of drug-likeness (QED) is 0.435. The topological polar surface area (TPSA) is 66.7 Å². The second kappa shape index (κ2) is 8.48. The van der Waals surface area contributed by atoms with Gasteiger partial charge in [0.15, 0.2) is 16.6 Å². The van der Waals surface area contributed by atoms with Gasteiger partial charge in [-0.15, -0.1) is 11.3 Å². The SMILES string of the molecule is CCOC(C)(O)C1=C(CBr)NC(c2nccs2)=N[C@H]1c1ccc(F)cc1Br. The zero-order chi connectivity index (χ0) is 19.6. The van der Waals surface area contributed by atoms with E-state index in [9.17, 15) is 9.50 Å². The lowest BCUT2D eigenvalue weighted by atomic mass is 9.90. The summed E-state index contributed by atoms with van der Waals surface area (Å²) >= 11 is 8.37. The van der Waals surface area contributed by atoms with Gasteiger partial charge >= 0.3 is 0 Å². The van der Waals surface area contributed by atoms with E-state index in [-0.39, 0.29) is 5.82 Å². The minimum atomic E-state index is -1.55. The van der Waals surface area contributed by atoms with Crippen LogP contribution in [0.25, 0.3) is 0 Å². The Morgan fingerprint density at radius 3 is 2.81 bits per heavy atom. The van der Waals surface area contributed by atoms with Gasteiger partial charge in [-0.25, -0.2) is 9.37 Å². The summed E-state index contributed by atoms with van der Waals surface area (Å²) in [6.07, 6.45) is 1.70. The van der Waals surface area contributed by atoms with Gasteiger partial charge in [-0.2, -0.15) is 0 Å². The number of thiazole rings is 1. The van der Waals surface area contributed by atoms with Gasteiger partial charge in [0.1, 0.15) is 11.9 Å². The van der Waals surface area contributed by atoms with E-state index in [0.29, 0.717) is 27.8 Å². The number of allylic oxidation sites excluding steroid dienone is 1. The molecule has 0 saturated carbocycles. The smallest absolute Gasteiger partial charge is 0.189 e. The average Bonchev–Trinajstić information content (AvgIpc) is 3.15. The third-order valence-electron chi connectivity index (χ3n) is 4.08. The Hall–Kier alpha value is -1.13. The van der Waals surface area contributed by atoms with Crippen molar-refractivity contribution in [3.05, 3.63) is 61.9 Å². The number of alkyl halides is 1. The lowest BCUT2D eigenvalue weighted by molar-refractivity contribution is -0.161. The number of ether oxygens (including phenoxy) is 1. The third-order valence-corrected chi connectivity index (χ3v) is 6.10. The van der Waals surface area contributed by atoms with Gasteiger partial charge < -0.3 is 15.2 Å². The van der Waals surface area contributed by atoms with Crippen molar-refractivity contribution in [1.82, 2.24) is 10.3 Å². The molecule has 1 unspecified atom stereocenters. The fraction of sp³-hybridized carbons (Fsp3) is 0.333. The van der Waals surface area contributed by atoms with Gasteiger partial charge in [0, 0.05) is 39.3 Å². The summed E-state index contributed by atoms with van der Waals surface area (Å²) in [6, 6.07) is 3.85. The number of rotatable bonds is 6. The number of nitrogens with zero attached hydrogens (tertiary/aromatic N) is 2. The van der Waals surface area contributed by atoms with Crippen LogP contribution in [0.15, 0.2) is 50.5 Å². The van der Waals surface area contributed by atoms with Crippen molar-refractivity contribution in [3.8, 4) is 0 Å². The molecule has 0 bridgehead atoms. The highest BCUT2D eigenvalue weighted by Gasteiger charge is 2.39. The van der Waals surface area contributed by atoms with Gasteiger partial charge in [0.25, 0.3) is 0 Å². The number of nitrogens with one attached hydrogen (secondary N) is 1. The van der Waals surface area contributed by atoms with Gasteiger partial charge in [-0.05, 0) is 31.5 Å². The van der Waals surface area contributed by atoms with Crippen LogP contribution in [0.5, 0.6) is 0 Å². The Morgan fingerprint density at radius 2 is 2.22 bits per heavy atom. The number of aliphatic hydroxyl groups is 1. The summed E-state index contributed by atoms with van der Waals surface area (Å²) in [5.74, 6) is -1.32. The minimum Gasteiger partial charge on any atom is -0.362 e. The van der Waals surface area contributed by atoms with E-state index in [1.807, 2.05) is 12.3 Å². The maximum absolute atomic E-state index is 13.6. The molecule has 0 fully saturated rings. The largest absolute Gasteiger partial charge is 0.362 e. The van der Waals surface area contributed by atoms with E-state index in [0.717, 1.165) is 16.3 Å². The van der Waals surface area contributed by atoms with Crippen LogP contribution in [0.4, 0.5) is 4.39 Å². The molecule has 2 atom stereocenters. The molecule has 2 heterocycles. The molecule has 0 radical (unpaired) electrons. The number of amidine groups is 1. The number of benzene rings is 1. The number of hydrogen-bond acceptors (Lipinski definition) is 6. The van der Waals surface area contributed by atoms with Crippen LogP contribution in [-0.2, 0) is 4.74 Å². The van der Waals surface area contributed by atoms with Crippen LogP contribution in [0.2, 0.25) is 0 Å². The first kappa shape index (κ1) is 20.6. The highest BCUT2D eigenvalue weighted by Crippen LogP contribution is 2.41. The first-order chi connectivity index (χ1) is 12.9. The summed E-state index contributed by atoms with van der Waals surface area (Å²) in [7, 11) is 0. The number of hydrogen-bond donors (Lipinski definition) is 2. The van der Waals surface area contributed by atoms with Crippen molar-refractivity contribution in [2.45, 2.75) is 25.7 Å². The number of aromatic nitrogens is 1. The zero-order valence-corrected chi connectivity index (χ0v) is 18.7. The predicted molar refractivity (Wildman–Crippen MR) is 112 cm³/mol. The van der Waals surface area contributed by atoms with Crippen LogP contribution in [0.1, 0.15) is 30.5 Å². The number of aliphatic imine (C=N–C) groups is 1. The molecule has 0 saturated heterocycles. The van der Waals surface area contributed by atoms with Gasteiger partial charge in [-0.3, -0.25) is 4.99 Å². The first-order valence-corrected chi connectivity index (χ1v) is 11.0. The predicted octanol–water partition coefficient (Wildman–Crippen LogP) is 4.53. The molecule has 2 aromatic rings. The normalized spacial score (nSPS) is 19.5. The van der Waals surface area contributed by atoms with Crippen LogP contribution in [0, 0.1) is 5.82 Å². The summed E-state index contributed by atoms with van der Waals surface area (Å²) in [4.78, 5) is 9.11. The summed E-state index contributed by atoms with van der Waals surface area (Å²) < 4.78 is 19.8. The lowest BCUT2D eigenvalue weighted by Gasteiger charge is -2.36. The Balaban J connectivity index is 2.19. The molecular formula is C18H18Br2FN3O2S. The van der Waals surface area contributed by atoms with Crippen molar-refractivity contribution in [2.75, 3.05) is 11.9 Å². The molecule has 1 aliphatic rings. The van der Waals surface area contributed by atoms with Crippen molar-refractivity contribution in [3.63, 3.8) is 0 Å². The summed E-state index contributed by atoms with van der Waals surface area (Å²) in [6.45, 7) is 3.73. The maximum atomic E-state index is 13.6. The molecule has 0 spiro atoms. The molecule has 2 N–H and O–H groups in total. The fourth-order valence-corrected chi connectivity index (χ4v) is 4.59. The fourth-order valence-electron chi connectivity index (χ4n) is 3.00. The molecule has 144 valence electrons. The Bertz CT molecular complexity index is 885. The second-order valence-corrected chi connectivity index (χ2v) is 8.26. The molecule has 3 rings (SSSR count). The molecule has 5 nitrogen and oxygen atoms in total. The van der Waals surface area contributed by atoms with E-state index in [1.54, 1.807) is 19.2 Å². The van der Waals surface area contributed by atoms with Gasteiger partial charge in [0.05, 0.1) is 0 Å². The average molecular weight is 519 g/mol. The van der Waals surface area contributed by atoms with Crippen molar-refractivity contribution >= 4 is 49.0 Å². The zero-order valence-electron chi connectivity index (χ0n) is 14.7. The van der Waals surface area contributed by atoms with Gasteiger partial charge in [-0.1, -0.05) is 37.9 Å². The standard InChI is InChI=1S/C18H18Br2FN3O2S/c1-3-26-18(2,25)14-13(9-19)23-16(17-22-6-7-27-17)24-15(14)11-5-4-10(21)8-12(11)20/h4-8,15,25H,3,9H2,1-2H3,(H,23,24)/t15-,18?/m0/s1. The Labute approximate surface area is 177 Å². The number of halogens is 3. The van der Waals surface area contributed by atoms with Gasteiger partial charge in [0.2, 0.25) is 0 Å². The Morgan fingerprint density at radius 1 is 1.44 bits per heavy atom. The second-order valence-electron chi connectivity index (χ2n) is 5.95. The summed E-state index contributed by atoms with van der Waals surface area (Å²) in [5, 5.41) is 17.3. The molecule has 0 aliphatic carbocycles. The van der Waals surface area contributed by atoms with Crippen molar-refractivity contribution in [2.24, 2.45) is 4.99 Å². The molecule has 1 aliphatic heterocycles. The highest BCUT2D eigenvalue weighted by molar-refractivity contribution is 9.10.